The first-order chi connectivity index (χ1) is 12.0. The monoisotopic (exact) mass is 341 g/mol. The van der Waals surface area contributed by atoms with E-state index in [2.05, 4.69) is 34.5 Å². The normalized spacial score (nSPS) is 10.6. The van der Waals surface area contributed by atoms with Gasteiger partial charge in [-0.3, -0.25) is 0 Å². The summed E-state index contributed by atoms with van der Waals surface area (Å²) >= 11 is 0. The molecule has 0 aliphatic heterocycles. The molecule has 2 aromatic carbocycles. The van der Waals surface area contributed by atoms with Gasteiger partial charge in [0.25, 0.3) is 0 Å². The Balaban J connectivity index is 1.70. The SMILES string of the molecule is CN(C)Cc1ccc(CNC(=O)N(C)CCOc2ccccc2)cc1. The summed E-state index contributed by atoms with van der Waals surface area (Å²) in [5, 5.41) is 2.93. The second kappa shape index (κ2) is 9.69. The van der Waals surface area contributed by atoms with Crippen molar-refractivity contribution in [2.45, 2.75) is 13.1 Å². The number of nitrogens with one attached hydrogen (secondary N) is 1. The van der Waals surface area contributed by atoms with E-state index >= 15 is 0 Å². The van der Waals surface area contributed by atoms with Crippen LogP contribution in [0.25, 0.3) is 0 Å². The van der Waals surface area contributed by atoms with Gasteiger partial charge in [-0.15, -0.1) is 0 Å². The Morgan fingerprint density at radius 3 is 2.24 bits per heavy atom. The summed E-state index contributed by atoms with van der Waals surface area (Å²) in [7, 11) is 5.86. The minimum atomic E-state index is -0.103. The first kappa shape index (κ1) is 18.8. The van der Waals surface area contributed by atoms with Crippen LogP contribution in [-0.2, 0) is 13.1 Å². The van der Waals surface area contributed by atoms with E-state index in [4.69, 9.17) is 4.74 Å². The zero-order valence-electron chi connectivity index (χ0n) is 15.2. The summed E-state index contributed by atoms with van der Waals surface area (Å²) in [6.45, 7) is 2.43. The predicted molar refractivity (Wildman–Crippen MR) is 101 cm³/mol. The average molecular weight is 341 g/mol. The Bertz CT molecular complexity index is 642. The molecule has 0 aromatic heterocycles. The van der Waals surface area contributed by atoms with Crippen LogP contribution in [0, 0.1) is 0 Å². The standard InChI is InChI=1S/C20H27N3O2/c1-22(2)16-18-11-9-17(10-12-18)15-21-20(24)23(3)13-14-25-19-7-5-4-6-8-19/h4-12H,13-16H2,1-3H3,(H,21,24). The second-order valence-corrected chi connectivity index (χ2v) is 6.30. The third-order valence-corrected chi connectivity index (χ3v) is 3.75. The zero-order chi connectivity index (χ0) is 18.1. The van der Waals surface area contributed by atoms with Crippen LogP contribution < -0.4 is 10.1 Å². The molecule has 0 aliphatic carbocycles. The molecule has 2 amide bonds. The van der Waals surface area contributed by atoms with E-state index in [1.54, 1.807) is 11.9 Å². The van der Waals surface area contributed by atoms with Gasteiger partial charge in [0.1, 0.15) is 12.4 Å². The number of likely N-dealkylation sites (N-methyl/N-ethyl adjacent to an activating group) is 1. The molecule has 1 N–H and O–H groups in total. The molecule has 0 saturated carbocycles. The summed E-state index contributed by atoms with van der Waals surface area (Å²) in [6.07, 6.45) is 0. The van der Waals surface area contributed by atoms with E-state index in [0.29, 0.717) is 19.7 Å². The zero-order valence-corrected chi connectivity index (χ0v) is 15.2. The van der Waals surface area contributed by atoms with Crippen molar-refractivity contribution in [1.82, 2.24) is 15.1 Å². The Hall–Kier alpha value is -2.53. The highest BCUT2D eigenvalue weighted by molar-refractivity contribution is 5.73. The van der Waals surface area contributed by atoms with Gasteiger partial charge < -0.3 is 19.9 Å². The van der Waals surface area contributed by atoms with Crippen molar-refractivity contribution >= 4 is 6.03 Å². The van der Waals surface area contributed by atoms with Crippen LogP contribution in [0.15, 0.2) is 54.6 Å². The van der Waals surface area contributed by atoms with E-state index in [-0.39, 0.29) is 6.03 Å². The highest BCUT2D eigenvalue weighted by Gasteiger charge is 2.08. The summed E-state index contributed by atoms with van der Waals surface area (Å²) in [4.78, 5) is 15.9. The molecule has 0 atom stereocenters. The van der Waals surface area contributed by atoms with E-state index < -0.39 is 0 Å². The molecule has 2 aromatic rings. The summed E-state index contributed by atoms with van der Waals surface area (Å²) in [6, 6.07) is 17.8. The molecule has 0 radical (unpaired) electrons. The fourth-order valence-electron chi connectivity index (χ4n) is 2.36. The number of carbonyl (C=O) groups excluding carboxylic acids is 1. The van der Waals surface area contributed by atoms with Gasteiger partial charge in [0.15, 0.2) is 0 Å². The lowest BCUT2D eigenvalue weighted by Crippen LogP contribution is -2.39. The first-order valence-electron chi connectivity index (χ1n) is 8.44. The fraction of sp³-hybridized carbons (Fsp3) is 0.350. The van der Waals surface area contributed by atoms with Crippen molar-refractivity contribution in [3.63, 3.8) is 0 Å². The topological polar surface area (TPSA) is 44.8 Å². The number of benzene rings is 2. The maximum absolute atomic E-state index is 12.1. The van der Waals surface area contributed by atoms with Crippen LogP contribution in [0.1, 0.15) is 11.1 Å². The molecule has 0 fully saturated rings. The van der Waals surface area contributed by atoms with Gasteiger partial charge in [-0.05, 0) is 37.4 Å². The number of para-hydroxylation sites is 1. The molecule has 0 saturated heterocycles. The van der Waals surface area contributed by atoms with Gasteiger partial charge in [0.05, 0.1) is 6.54 Å². The third kappa shape index (κ3) is 6.85. The largest absolute Gasteiger partial charge is 0.492 e. The molecule has 5 nitrogen and oxygen atoms in total. The lowest BCUT2D eigenvalue weighted by atomic mass is 10.1. The van der Waals surface area contributed by atoms with Gasteiger partial charge in [-0.25, -0.2) is 4.79 Å². The molecule has 5 heteroatoms. The number of rotatable bonds is 8. The van der Waals surface area contributed by atoms with Gasteiger partial charge in [-0.1, -0.05) is 42.5 Å². The molecular weight excluding hydrogens is 314 g/mol. The summed E-state index contributed by atoms with van der Waals surface area (Å²) in [5.74, 6) is 0.814. The van der Waals surface area contributed by atoms with Crippen molar-refractivity contribution < 1.29 is 9.53 Å². The molecule has 2 rings (SSSR count). The predicted octanol–water partition coefficient (Wildman–Crippen LogP) is 2.97. The summed E-state index contributed by atoms with van der Waals surface area (Å²) in [5.41, 5.74) is 2.35. The first-order valence-corrected chi connectivity index (χ1v) is 8.44. The number of amides is 2. The van der Waals surface area contributed by atoms with E-state index in [1.165, 1.54) is 5.56 Å². The summed E-state index contributed by atoms with van der Waals surface area (Å²) < 4.78 is 5.61. The quantitative estimate of drug-likeness (QED) is 0.803. The number of hydrogen-bond acceptors (Lipinski definition) is 3. The van der Waals surface area contributed by atoms with Crippen LogP contribution in [0.3, 0.4) is 0 Å². The van der Waals surface area contributed by atoms with Crippen molar-refractivity contribution in [3.8, 4) is 5.75 Å². The van der Waals surface area contributed by atoms with Crippen LogP contribution in [0.5, 0.6) is 5.75 Å². The van der Waals surface area contributed by atoms with Gasteiger partial charge in [-0.2, -0.15) is 0 Å². The Morgan fingerprint density at radius 2 is 1.60 bits per heavy atom. The highest BCUT2D eigenvalue weighted by Crippen LogP contribution is 2.08. The maximum Gasteiger partial charge on any atom is 0.317 e. The molecule has 134 valence electrons. The number of carbonyl (C=O) groups is 1. The molecule has 25 heavy (non-hydrogen) atoms. The highest BCUT2D eigenvalue weighted by atomic mass is 16.5. The Morgan fingerprint density at radius 1 is 0.960 bits per heavy atom. The molecular formula is C20H27N3O2. The molecule has 0 aliphatic rings. The van der Waals surface area contributed by atoms with Gasteiger partial charge in [0.2, 0.25) is 0 Å². The Labute approximate surface area is 150 Å². The lowest BCUT2D eigenvalue weighted by molar-refractivity contribution is 0.195. The fourth-order valence-corrected chi connectivity index (χ4v) is 2.36. The number of hydrogen-bond donors (Lipinski definition) is 1. The van der Waals surface area contributed by atoms with E-state index in [9.17, 15) is 4.79 Å². The van der Waals surface area contributed by atoms with Crippen molar-refractivity contribution in [2.75, 3.05) is 34.3 Å². The minimum Gasteiger partial charge on any atom is -0.492 e. The molecule has 0 bridgehead atoms. The third-order valence-electron chi connectivity index (χ3n) is 3.75. The minimum absolute atomic E-state index is 0.103. The van der Waals surface area contributed by atoms with Gasteiger partial charge in [0, 0.05) is 20.1 Å². The van der Waals surface area contributed by atoms with Crippen LogP contribution in [0.2, 0.25) is 0 Å². The van der Waals surface area contributed by atoms with Crippen molar-refractivity contribution in [1.29, 1.82) is 0 Å². The maximum atomic E-state index is 12.1. The van der Waals surface area contributed by atoms with Crippen molar-refractivity contribution in [2.24, 2.45) is 0 Å². The number of urea groups is 1. The van der Waals surface area contributed by atoms with Crippen LogP contribution in [0.4, 0.5) is 4.79 Å². The van der Waals surface area contributed by atoms with E-state index in [0.717, 1.165) is 17.9 Å². The number of nitrogens with zero attached hydrogens (tertiary/aromatic N) is 2. The molecule has 0 heterocycles. The van der Waals surface area contributed by atoms with Crippen molar-refractivity contribution in [3.05, 3.63) is 65.7 Å². The second-order valence-electron chi connectivity index (χ2n) is 6.30. The van der Waals surface area contributed by atoms with Gasteiger partial charge >= 0.3 is 6.03 Å². The Kier molecular flexibility index (Phi) is 7.29. The number of ether oxygens (including phenoxy) is 1. The van der Waals surface area contributed by atoms with E-state index in [1.807, 2.05) is 44.4 Å². The van der Waals surface area contributed by atoms with Crippen LogP contribution in [-0.4, -0.2) is 50.1 Å². The van der Waals surface area contributed by atoms with Crippen LogP contribution >= 0.6 is 0 Å². The lowest BCUT2D eigenvalue weighted by Gasteiger charge is -2.18. The average Bonchev–Trinajstić information content (AvgIpc) is 2.61. The molecule has 0 spiro atoms. The smallest absolute Gasteiger partial charge is 0.317 e. The molecule has 0 unspecified atom stereocenters.